The molecule has 14 heavy (non-hydrogen) atoms. The third-order valence-electron chi connectivity index (χ3n) is 1.78. The molecule has 0 unspecified atom stereocenters. The lowest BCUT2D eigenvalue weighted by molar-refractivity contribution is 0.152. The summed E-state index contributed by atoms with van der Waals surface area (Å²) in [5, 5.41) is 8.43. The summed E-state index contributed by atoms with van der Waals surface area (Å²) in [7, 11) is 0. The molecule has 0 saturated carbocycles. The van der Waals surface area contributed by atoms with Gasteiger partial charge in [0.15, 0.2) is 0 Å². The maximum absolute atomic E-state index is 12.4. The molecule has 0 aromatic carbocycles. The van der Waals surface area contributed by atoms with E-state index in [1.807, 2.05) is 6.07 Å². The van der Waals surface area contributed by atoms with Crippen LogP contribution in [0, 0.1) is 18.3 Å². The fraction of sp³-hybridized carbons (Fsp3) is 0.333. The molecule has 0 aliphatic carbocycles. The fourth-order valence-corrected chi connectivity index (χ4v) is 1.16. The Morgan fingerprint density at radius 3 is 2.79 bits per heavy atom. The lowest BCUT2D eigenvalue weighted by Gasteiger charge is -2.08. The third kappa shape index (κ3) is 1.96. The summed E-state index contributed by atoms with van der Waals surface area (Å²) < 4.78 is 24.9. The standard InChI is InChI=1S/C9H9F2N3/c1-5-4-6(9(10)11)8(13)7(14-5)2-3-12/h4,9H,2,13H2,1H3. The zero-order chi connectivity index (χ0) is 10.7. The van der Waals surface area contributed by atoms with Crippen molar-refractivity contribution < 1.29 is 8.78 Å². The van der Waals surface area contributed by atoms with Gasteiger partial charge in [-0.3, -0.25) is 4.98 Å². The van der Waals surface area contributed by atoms with Crippen molar-refractivity contribution in [2.75, 3.05) is 5.73 Å². The highest BCUT2D eigenvalue weighted by atomic mass is 19.3. The number of anilines is 1. The Balaban J connectivity index is 3.26. The second-order valence-electron chi connectivity index (χ2n) is 2.85. The van der Waals surface area contributed by atoms with Gasteiger partial charge in [0.25, 0.3) is 6.43 Å². The van der Waals surface area contributed by atoms with E-state index in [9.17, 15) is 8.78 Å². The first-order valence-corrected chi connectivity index (χ1v) is 3.97. The Hall–Kier alpha value is -1.70. The molecule has 0 radical (unpaired) electrons. The summed E-state index contributed by atoms with van der Waals surface area (Å²) in [4.78, 5) is 3.92. The van der Waals surface area contributed by atoms with Crippen molar-refractivity contribution in [2.45, 2.75) is 19.8 Å². The number of nitrogens with two attached hydrogens (primary N) is 1. The van der Waals surface area contributed by atoms with E-state index in [1.54, 1.807) is 6.92 Å². The molecule has 1 heterocycles. The molecule has 0 bridgehead atoms. The van der Waals surface area contributed by atoms with Crippen LogP contribution in [0.1, 0.15) is 23.4 Å². The molecule has 0 atom stereocenters. The molecule has 5 heteroatoms. The minimum atomic E-state index is -2.63. The largest absolute Gasteiger partial charge is 0.397 e. The number of nitrogens with zero attached hydrogens (tertiary/aromatic N) is 2. The highest BCUT2D eigenvalue weighted by Crippen LogP contribution is 2.27. The average molecular weight is 197 g/mol. The first-order valence-electron chi connectivity index (χ1n) is 3.97. The molecule has 0 aliphatic rings. The van der Waals surface area contributed by atoms with Crippen LogP contribution < -0.4 is 5.73 Å². The van der Waals surface area contributed by atoms with Gasteiger partial charge in [0, 0.05) is 11.3 Å². The second kappa shape index (κ2) is 4.01. The van der Waals surface area contributed by atoms with Crippen molar-refractivity contribution in [3.8, 4) is 6.07 Å². The molecule has 1 rings (SSSR count). The van der Waals surface area contributed by atoms with Crippen LogP contribution in [0.5, 0.6) is 0 Å². The molecule has 74 valence electrons. The highest BCUT2D eigenvalue weighted by molar-refractivity contribution is 5.53. The summed E-state index contributed by atoms with van der Waals surface area (Å²) in [5.41, 5.74) is 5.79. The zero-order valence-corrected chi connectivity index (χ0v) is 7.59. The molecule has 2 N–H and O–H groups in total. The fourth-order valence-electron chi connectivity index (χ4n) is 1.16. The van der Waals surface area contributed by atoms with Crippen LogP contribution >= 0.6 is 0 Å². The van der Waals surface area contributed by atoms with Gasteiger partial charge in [-0.1, -0.05) is 0 Å². The minimum absolute atomic E-state index is 0.0484. The topological polar surface area (TPSA) is 62.7 Å². The van der Waals surface area contributed by atoms with Gasteiger partial charge in [-0.2, -0.15) is 5.26 Å². The number of alkyl halides is 2. The summed E-state index contributed by atoms with van der Waals surface area (Å²) >= 11 is 0. The van der Waals surface area contributed by atoms with Crippen molar-refractivity contribution in [2.24, 2.45) is 0 Å². The number of nitrogen functional groups attached to an aromatic ring is 1. The number of aryl methyl sites for hydroxylation is 1. The van der Waals surface area contributed by atoms with Crippen LogP contribution in [-0.2, 0) is 6.42 Å². The Labute approximate surface area is 80.2 Å². The van der Waals surface area contributed by atoms with Gasteiger partial charge in [0.1, 0.15) is 0 Å². The lowest BCUT2D eigenvalue weighted by Crippen LogP contribution is -2.04. The number of hydrogen-bond acceptors (Lipinski definition) is 3. The first kappa shape index (κ1) is 10.4. The van der Waals surface area contributed by atoms with Gasteiger partial charge in [-0.05, 0) is 13.0 Å². The zero-order valence-electron chi connectivity index (χ0n) is 7.59. The van der Waals surface area contributed by atoms with Crippen molar-refractivity contribution in [3.63, 3.8) is 0 Å². The molecular formula is C9H9F2N3. The monoisotopic (exact) mass is 197 g/mol. The van der Waals surface area contributed by atoms with Crippen LogP contribution in [0.25, 0.3) is 0 Å². The van der Waals surface area contributed by atoms with Crippen molar-refractivity contribution >= 4 is 5.69 Å². The molecule has 0 amide bonds. The molecule has 1 aromatic heterocycles. The Bertz CT molecular complexity index is 382. The van der Waals surface area contributed by atoms with Gasteiger partial charge in [0.2, 0.25) is 0 Å². The third-order valence-corrected chi connectivity index (χ3v) is 1.78. The normalized spacial score (nSPS) is 10.2. The Morgan fingerprint density at radius 1 is 1.64 bits per heavy atom. The van der Waals surface area contributed by atoms with Crippen LogP contribution in [0.2, 0.25) is 0 Å². The van der Waals surface area contributed by atoms with Gasteiger partial charge in [-0.25, -0.2) is 8.78 Å². The van der Waals surface area contributed by atoms with E-state index < -0.39 is 6.43 Å². The predicted octanol–water partition coefficient (Wildman–Crippen LogP) is 1.98. The molecular weight excluding hydrogens is 188 g/mol. The number of pyridine rings is 1. The molecule has 0 saturated heterocycles. The molecule has 3 nitrogen and oxygen atoms in total. The van der Waals surface area contributed by atoms with Gasteiger partial charge in [0.05, 0.1) is 23.9 Å². The number of halogens is 2. The summed E-state index contributed by atoms with van der Waals surface area (Å²) in [5.74, 6) is 0. The lowest BCUT2D eigenvalue weighted by atomic mass is 10.1. The van der Waals surface area contributed by atoms with Crippen LogP contribution in [0.15, 0.2) is 6.07 Å². The Morgan fingerprint density at radius 2 is 2.29 bits per heavy atom. The van der Waals surface area contributed by atoms with Crippen LogP contribution in [0.4, 0.5) is 14.5 Å². The summed E-state index contributed by atoms with van der Waals surface area (Å²) in [6.07, 6.45) is -2.68. The number of aromatic nitrogens is 1. The maximum atomic E-state index is 12.4. The molecule has 0 spiro atoms. The summed E-state index contributed by atoms with van der Waals surface area (Å²) in [6.45, 7) is 1.59. The smallest absolute Gasteiger partial charge is 0.265 e. The Kier molecular flexibility index (Phi) is 2.97. The molecule has 0 aliphatic heterocycles. The quantitative estimate of drug-likeness (QED) is 0.788. The van der Waals surface area contributed by atoms with Crippen LogP contribution in [0.3, 0.4) is 0 Å². The van der Waals surface area contributed by atoms with Gasteiger partial charge in [-0.15, -0.1) is 0 Å². The number of rotatable bonds is 2. The molecule has 1 aromatic rings. The number of nitriles is 1. The number of hydrogen-bond donors (Lipinski definition) is 1. The van der Waals surface area contributed by atoms with E-state index in [0.29, 0.717) is 5.69 Å². The van der Waals surface area contributed by atoms with E-state index in [4.69, 9.17) is 11.0 Å². The van der Waals surface area contributed by atoms with E-state index in [1.165, 1.54) is 6.07 Å². The summed E-state index contributed by atoms with van der Waals surface area (Å²) in [6, 6.07) is 3.07. The van der Waals surface area contributed by atoms with E-state index in [-0.39, 0.29) is 23.4 Å². The average Bonchev–Trinajstić information content (AvgIpc) is 2.10. The minimum Gasteiger partial charge on any atom is -0.397 e. The first-order chi connectivity index (χ1) is 6.56. The molecule has 0 fully saturated rings. The van der Waals surface area contributed by atoms with Gasteiger partial charge >= 0.3 is 0 Å². The van der Waals surface area contributed by atoms with Gasteiger partial charge < -0.3 is 5.73 Å². The van der Waals surface area contributed by atoms with E-state index >= 15 is 0 Å². The van der Waals surface area contributed by atoms with Crippen molar-refractivity contribution in [3.05, 3.63) is 23.0 Å². The van der Waals surface area contributed by atoms with Crippen LogP contribution in [-0.4, -0.2) is 4.98 Å². The predicted molar refractivity (Wildman–Crippen MR) is 47.7 cm³/mol. The van der Waals surface area contributed by atoms with E-state index in [2.05, 4.69) is 4.98 Å². The highest BCUT2D eigenvalue weighted by Gasteiger charge is 2.15. The van der Waals surface area contributed by atoms with E-state index in [0.717, 1.165) is 0 Å². The SMILES string of the molecule is Cc1cc(C(F)F)c(N)c(CC#N)n1. The second-order valence-corrected chi connectivity index (χ2v) is 2.85. The maximum Gasteiger partial charge on any atom is 0.265 e. The van der Waals surface area contributed by atoms with Crippen molar-refractivity contribution in [1.29, 1.82) is 5.26 Å². The van der Waals surface area contributed by atoms with Crippen molar-refractivity contribution in [1.82, 2.24) is 4.98 Å².